The van der Waals surface area contributed by atoms with E-state index >= 15 is 0 Å². The average molecular weight is 439 g/mol. The molecule has 160 valence electrons. The third-order valence-electron chi connectivity index (χ3n) is 4.94. The Kier molecular flexibility index (Phi) is 5.92. The first-order chi connectivity index (χ1) is 15.0. The number of ether oxygens (including phenoxy) is 2. The summed E-state index contributed by atoms with van der Waals surface area (Å²) in [5, 5.41) is 0. The first kappa shape index (κ1) is 20.9. The van der Waals surface area contributed by atoms with Crippen LogP contribution >= 0.6 is 0 Å². The average Bonchev–Trinajstić information content (AvgIpc) is 2.79. The van der Waals surface area contributed by atoms with Gasteiger partial charge < -0.3 is 14.4 Å². The zero-order valence-corrected chi connectivity index (χ0v) is 17.8. The predicted molar refractivity (Wildman–Crippen MR) is 117 cm³/mol. The van der Waals surface area contributed by atoms with Crippen LogP contribution < -0.4 is 19.1 Å². The number of nitrogens with one attached hydrogen (secondary N) is 1. The Labute approximate surface area is 181 Å². The molecule has 0 saturated carbocycles. The number of anilines is 1. The number of sulfonamides is 1. The largest absolute Gasteiger partial charge is 0.485 e. The topological polar surface area (TPSA) is 84.9 Å². The standard InChI is InChI=1S/C23H22N2O5S/c1-2-25-16-24-31(27,28)22-14-18(12-13-19(22)25)23(26)30-21-11-7-6-10-20(21)29-15-17-8-4-3-5-9-17/h3-14,24H,2,15-16H2,1H3. The Morgan fingerprint density at radius 1 is 1.00 bits per heavy atom. The lowest BCUT2D eigenvalue weighted by Crippen LogP contribution is -2.43. The van der Waals surface area contributed by atoms with Crippen LogP contribution in [0.15, 0.2) is 77.7 Å². The van der Waals surface area contributed by atoms with Gasteiger partial charge in [-0.05, 0) is 42.8 Å². The van der Waals surface area contributed by atoms with Gasteiger partial charge in [-0.15, -0.1) is 0 Å². The van der Waals surface area contributed by atoms with Crippen LogP contribution in [0.4, 0.5) is 5.69 Å². The predicted octanol–water partition coefficient (Wildman–Crippen LogP) is 3.56. The first-order valence-corrected chi connectivity index (χ1v) is 11.3. The zero-order valence-electron chi connectivity index (χ0n) is 16.9. The van der Waals surface area contributed by atoms with Gasteiger partial charge in [-0.1, -0.05) is 42.5 Å². The minimum atomic E-state index is -3.69. The number of esters is 1. The number of carbonyl (C=O) groups is 1. The summed E-state index contributed by atoms with van der Waals surface area (Å²) in [6.07, 6.45) is 0. The van der Waals surface area contributed by atoms with Crippen molar-refractivity contribution in [1.29, 1.82) is 0 Å². The fraction of sp³-hybridized carbons (Fsp3) is 0.174. The normalized spacial score (nSPS) is 14.5. The minimum Gasteiger partial charge on any atom is -0.485 e. The summed E-state index contributed by atoms with van der Waals surface area (Å²) >= 11 is 0. The molecule has 0 atom stereocenters. The highest BCUT2D eigenvalue weighted by Crippen LogP contribution is 2.31. The number of hydrogen-bond acceptors (Lipinski definition) is 6. The smallest absolute Gasteiger partial charge is 0.343 e. The maximum absolute atomic E-state index is 12.8. The van der Waals surface area contributed by atoms with Crippen molar-refractivity contribution in [2.24, 2.45) is 0 Å². The van der Waals surface area contributed by atoms with Crippen molar-refractivity contribution in [2.45, 2.75) is 18.4 Å². The van der Waals surface area contributed by atoms with Crippen LogP contribution in [0.2, 0.25) is 0 Å². The fourth-order valence-corrected chi connectivity index (χ4v) is 4.51. The maximum Gasteiger partial charge on any atom is 0.343 e. The number of rotatable bonds is 6. The Balaban J connectivity index is 1.55. The van der Waals surface area contributed by atoms with E-state index in [1.165, 1.54) is 6.07 Å². The van der Waals surface area contributed by atoms with Crippen molar-refractivity contribution in [2.75, 3.05) is 18.1 Å². The molecule has 0 fully saturated rings. The Bertz CT molecular complexity index is 1200. The molecule has 1 heterocycles. The van der Waals surface area contributed by atoms with Gasteiger partial charge in [0.2, 0.25) is 10.0 Å². The number of benzene rings is 3. The molecule has 1 N–H and O–H groups in total. The van der Waals surface area contributed by atoms with Gasteiger partial charge in [0.05, 0.1) is 17.9 Å². The van der Waals surface area contributed by atoms with Gasteiger partial charge in [-0.25, -0.2) is 13.2 Å². The molecule has 31 heavy (non-hydrogen) atoms. The van der Waals surface area contributed by atoms with Crippen molar-refractivity contribution in [1.82, 2.24) is 4.72 Å². The van der Waals surface area contributed by atoms with E-state index < -0.39 is 16.0 Å². The molecule has 0 radical (unpaired) electrons. The molecule has 0 unspecified atom stereocenters. The second kappa shape index (κ2) is 8.79. The second-order valence-corrected chi connectivity index (χ2v) is 8.69. The van der Waals surface area contributed by atoms with Gasteiger partial charge >= 0.3 is 5.97 Å². The minimum absolute atomic E-state index is 0.0589. The van der Waals surface area contributed by atoms with Crippen molar-refractivity contribution in [3.63, 3.8) is 0 Å². The summed E-state index contributed by atoms with van der Waals surface area (Å²) in [6.45, 7) is 3.08. The van der Waals surface area contributed by atoms with Crippen molar-refractivity contribution in [3.05, 3.63) is 83.9 Å². The third kappa shape index (κ3) is 4.55. The Morgan fingerprint density at radius 2 is 1.71 bits per heavy atom. The highest BCUT2D eigenvalue weighted by molar-refractivity contribution is 7.89. The van der Waals surface area contributed by atoms with Gasteiger partial charge in [-0.2, -0.15) is 4.72 Å². The zero-order chi connectivity index (χ0) is 21.8. The molecule has 0 aromatic heterocycles. The van der Waals surface area contributed by atoms with E-state index in [2.05, 4.69) is 4.72 Å². The molecule has 4 rings (SSSR count). The molecular weight excluding hydrogens is 416 g/mol. The molecule has 0 spiro atoms. The summed E-state index contributed by atoms with van der Waals surface area (Å²) < 4.78 is 38.7. The van der Waals surface area contributed by atoms with Crippen LogP contribution in [0, 0.1) is 0 Å². The number of carbonyl (C=O) groups excluding carboxylic acids is 1. The van der Waals surface area contributed by atoms with Crippen LogP contribution in [0.5, 0.6) is 11.5 Å². The van der Waals surface area contributed by atoms with Crippen LogP contribution in [-0.2, 0) is 16.6 Å². The molecule has 1 aliphatic rings. The summed E-state index contributed by atoms with van der Waals surface area (Å²) in [6, 6.07) is 21.1. The SMILES string of the molecule is CCN1CNS(=O)(=O)c2cc(C(=O)Oc3ccccc3OCc3ccccc3)ccc21. The Morgan fingerprint density at radius 3 is 2.45 bits per heavy atom. The highest BCUT2D eigenvalue weighted by atomic mass is 32.2. The fourth-order valence-electron chi connectivity index (χ4n) is 3.27. The van der Waals surface area contributed by atoms with Crippen molar-refractivity contribution in [3.8, 4) is 11.5 Å². The number of nitrogens with zero attached hydrogens (tertiary/aromatic N) is 1. The maximum atomic E-state index is 12.8. The quantitative estimate of drug-likeness (QED) is 0.468. The molecule has 0 saturated heterocycles. The Hall–Kier alpha value is -3.36. The second-order valence-electron chi connectivity index (χ2n) is 6.95. The summed E-state index contributed by atoms with van der Waals surface area (Å²) in [4.78, 5) is 14.7. The van der Waals surface area contributed by atoms with Gasteiger partial charge in [-0.3, -0.25) is 0 Å². The van der Waals surface area contributed by atoms with E-state index in [4.69, 9.17) is 9.47 Å². The van der Waals surface area contributed by atoms with Gasteiger partial charge in [0.1, 0.15) is 11.5 Å². The number of para-hydroxylation sites is 2. The summed E-state index contributed by atoms with van der Waals surface area (Å²) in [5.41, 5.74) is 1.68. The molecule has 1 aliphatic heterocycles. The molecule has 3 aromatic carbocycles. The van der Waals surface area contributed by atoms with Gasteiger partial charge in [0.25, 0.3) is 0 Å². The summed E-state index contributed by atoms with van der Waals surface area (Å²) in [5.74, 6) is 0.0174. The molecule has 0 aliphatic carbocycles. The van der Waals surface area contributed by atoms with Crippen LogP contribution in [0.25, 0.3) is 0 Å². The number of fused-ring (bicyclic) bond motifs is 1. The van der Waals surface area contributed by atoms with Gasteiger partial charge in [0.15, 0.2) is 11.5 Å². The van der Waals surface area contributed by atoms with E-state index in [9.17, 15) is 13.2 Å². The van der Waals surface area contributed by atoms with Crippen LogP contribution in [0.1, 0.15) is 22.8 Å². The lowest BCUT2D eigenvalue weighted by atomic mass is 10.2. The van der Waals surface area contributed by atoms with Crippen LogP contribution in [0.3, 0.4) is 0 Å². The first-order valence-electron chi connectivity index (χ1n) is 9.84. The van der Waals surface area contributed by atoms with Gasteiger partial charge in [0, 0.05) is 6.54 Å². The number of hydrogen-bond donors (Lipinski definition) is 1. The highest BCUT2D eigenvalue weighted by Gasteiger charge is 2.28. The van der Waals surface area contributed by atoms with E-state index in [0.717, 1.165) is 5.56 Å². The monoisotopic (exact) mass is 438 g/mol. The third-order valence-corrected chi connectivity index (χ3v) is 6.36. The molecule has 0 amide bonds. The lowest BCUT2D eigenvalue weighted by molar-refractivity contribution is 0.0727. The van der Waals surface area contributed by atoms with E-state index in [-0.39, 0.29) is 22.9 Å². The molecule has 7 nitrogen and oxygen atoms in total. The molecule has 0 bridgehead atoms. The lowest BCUT2D eigenvalue weighted by Gasteiger charge is -2.30. The van der Waals surface area contributed by atoms with Crippen molar-refractivity contribution >= 4 is 21.7 Å². The summed E-state index contributed by atoms with van der Waals surface area (Å²) in [7, 11) is -3.69. The van der Waals surface area contributed by atoms with E-state index in [0.29, 0.717) is 24.6 Å². The molecule has 8 heteroatoms. The molecular formula is C23H22N2O5S. The van der Waals surface area contributed by atoms with E-state index in [1.807, 2.05) is 42.2 Å². The van der Waals surface area contributed by atoms with Crippen molar-refractivity contribution < 1.29 is 22.7 Å². The van der Waals surface area contributed by atoms with Crippen LogP contribution in [-0.4, -0.2) is 27.6 Å². The van der Waals surface area contributed by atoms with E-state index in [1.54, 1.807) is 36.4 Å². The molecule has 3 aromatic rings.